The molecule has 0 heterocycles. The molecule has 0 saturated carbocycles. The Hall–Kier alpha value is -1.38. The van der Waals surface area contributed by atoms with E-state index in [1.165, 1.54) is 0 Å². The number of hydrogen-bond donors (Lipinski definition) is 0. The molecule has 17 heavy (non-hydrogen) atoms. The van der Waals surface area contributed by atoms with Crippen LogP contribution in [0.2, 0.25) is 5.02 Å². The van der Waals surface area contributed by atoms with Crippen LogP contribution < -0.4 is 4.74 Å². The van der Waals surface area contributed by atoms with Crippen LogP contribution in [0.1, 0.15) is 5.56 Å². The number of thiocarbonyl (C=S) groups is 1. The van der Waals surface area contributed by atoms with Crippen molar-refractivity contribution in [3.05, 3.63) is 65.2 Å². The number of halogens is 1. The van der Waals surface area contributed by atoms with Crippen LogP contribution in [-0.4, -0.2) is 5.05 Å². The summed E-state index contributed by atoms with van der Waals surface area (Å²) in [6.45, 7) is 0. The minimum Gasteiger partial charge on any atom is -0.450 e. The molecule has 2 aromatic rings. The molecular weight excluding hydrogens is 252 g/mol. The Morgan fingerprint density at radius 3 is 2.29 bits per heavy atom. The van der Waals surface area contributed by atoms with Crippen molar-refractivity contribution in [1.29, 1.82) is 0 Å². The van der Waals surface area contributed by atoms with E-state index >= 15 is 0 Å². The van der Waals surface area contributed by atoms with Crippen LogP contribution in [0.3, 0.4) is 0 Å². The third-order valence-electron chi connectivity index (χ3n) is 2.24. The van der Waals surface area contributed by atoms with E-state index < -0.39 is 0 Å². The summed E-state index contributed by atoms with van der Waals surface area (Å²) in [5.41, 5.74) is 1.14. The van der Waals surface area contributed by atoms with E-state index in [2.05, 4.69) is 0 Å². The Kier molecular flexibility index (Phi) is 4.13. The number of rotatable bonds is 3. The molecule has 0 N–H and O–H groups in total. The summed E-state index contributed by atoms with van der Waals surface area (Å²) < 4.78 is 5.55. The summed E-state index contributed by atoms with van der Waals surface area (Å²) in [5, 5.41) is 1.24. The monoisotopic (exact) mass is 262 g/mol. The van der Waals surface area contributed by atoms with Crippen LogP contribution in [0.15, 0.2) is 54.6 Å². The molecule has 0 fully saturated rings. The van der Waals surface area contributed by atoms with Crippen molar-refractivity contribution in [3.63, 3.8) is 0 Å². The first-order chi connectivity index (χ1) is 8.24. The fourth-order valence-electron chi connectivity index (χ4n) is 1.43. The quantitative estimate of drug-likeness (QED) is 0.763. The summed E-state index contributed by atoms with van der Waals surface area (Å²) in [7, 11) is 0. The largest absolute Gasteiger partial charge is 0.450 e. The lowest BCUT2D eigenvalue weighted by Gasteiger charge is -2.07. The van der Waals surface area contributed by atoms with Gasteiger partial charge in [0.25, 0.3) is 0 Å². The zero-order valence-electron chi connectivity index (χ0n) is 9.10. The SMILES string of the molecule is S=C(Cc1ccccc1)Oc1ccc(Cl)cc1. The molecule has 0 spiro atoms. The lowest BCUT2D eigenvalue weighted by Crippen LogP contribution is -2.08. The second kappa shape index (κ2) is 5.80. The molecule has 0 radical (unpaired) electrons. The van der Waals surface area contributed by atoms with Crippen molar-refractivity contribution in [1.82, 2.24) is 0 Å². The maximum atomic E-state index is 5.79. The maximum Gasteiger partial charge on any atom is 0.171 e. The first-order valence-corrected chi connectivity index (χ1v) is 6.03. The molecule has 1 nitrogen and oxygen atoms in total. The maximum absolute atomic E-state index is 5.79. The minimum atomic E-state index is 0.554. The van der Waals surface area contributed by atoms with Crippen LogP contribution >= 0.6 is 23.8 Å². The van der Waals surface area contributed by atoms with Gasteiger partial charge in [-0.15, -0.1) is 0 Å². The standard InChI is InChI=1S/C14H11ClOS/c15-12-6-8-13(9-7-12)16-14(17)10-11-4-2-1-3-5-11/h1-9H,10H2. The van der Waals surface area contributed by atoms with Crippen molar-refractivity contribution < 1.29 is 4.74 Å². The van der Waals surface area contributed by atoms with Crippen LogP contribution in [-0.2, 0) is 6.42 Å². The Morgan fingerprint density at radius 2 is 1.65 bits per heavy atom. The molecule has 0 aliphatic rings. The van der Waals surface area contributed by atoms with Gasteiger partial charge in [-0.3, -0.25) is 0 Å². The van der Waals surface area contributed by atoms with Gasteiger partial charge >= 0.3 is 0 Å². The van der Waals surface area contributed by atoms with E-state index in [1.54, 1.807) is 24.3 Å². The summed E-state index contributed by atoms with van der Waals surface area (Å²) in [4.78, 5) is 0. The van der Waals surface area contributed by atoms with E-state index in [9.17, 15) is 0 Å². The van der Waals surface area contributed by atoms with Gasteiger partial charge < -0.3 is 4.74 Å². The van der Waals surface area contributed by atoms with E-state index in [-0.39, 0.29) is 0 Å². The van der Waals surface area contributed by atoms with Gasteiger partial charge in [0.05, 0.1) is 0 Å². The molecule has 0 amide bonds. The van der Waals surface area contributed by atoms with Crippen molar-refractivity contribution in [2.75, 3.05) is 0 Å². The van der Waals surface area contributed by atoms with Crippen molar-refractivity contribution >= 4 is 28.9 Å². The van der Waals surface area contributed by atoms with E-state index in [0.717, 1.165) is 11.3 Å². The van der Waals surface area contributed by atoms with Crippen LogP contribution in [0.4, 0.5) is 0 Å². The first kappa shape index (κ1) is 12.1. The first-order valence-electron chi connectivity index (χ1n) is 5.24. The van der Waals surface area contributed by atoms with Crippen LogP contribution in [0.25, 0.3) is 0 Å². The molecule has 3 heteroatoms. The zero-order valence-corrected chi connectivity index (χ0v) is 10.7. The lowest BCUT2D eigenvalue weighted by atomic mass is 10.2. The molecule has 0 atom stereocenters. The molecule has 86 valence electrons. The van der Waals surface area contributed by atoms with Gasteiger partial charge in [0.2, 0.25) is 0 Å². The summed E-state index contributed by atoms with van der Waals surface area (Å²) >= 11 is 11.0. The Bertz CT molecular complexity index is 493. The second-order valence-corrected chi connectivity index (χ2v) is 4.48. The summed E-state index contributed by atoms with van der Waals surface area (Å²) in [5.74, 6) is 0.718. The average molecular weight is 263 g/mol. The third kappa shape index (κ3) is 3.84. The van der Waals surface area contributed by atoms with Gasteiger partial charge in [0.1, 0.15) is 5.75 Å². The minimum absolute atomic E-state index is 0.554. The molecule has 2 rings (SSSR count). The van der Waals surface area contributed by atoms with Gasteiger partial charge in [-0.05, 0) is 42.0 Å². The number of hydrogen-bond acceptors (Lipinski definition) is 2. The predicted octanol–water partition coefficient (Wildman–Crippen LogP) is 4.29. The zero-order chi connectivity index (χ0) is 12.1. The highest BCUT2D eigenvalue weighted by atomic mass is 35.5. The number of ether oxygens (including phenoxy) is 1. The van der Waals surface area contributed by atoms with Gasteiger partial charge in [0.15, 0.2) is 5.05 Å². The van der Waals surface area contributed by atoms with Crippen molar-refractivity contribution in [3.8, 4) is 5.75 Å². The predicted molar refractivity (Wildman–Crippen MR) is 74.8 cm³/mol. The topological polar surface area (TPSA) is 9.23 Å². The molecule has 0 aliphatic heterocycles. The highest BCUT2D eigenvalue weighted by molar-refractivity contribution is 7.80. The lowest BCUT2D eigenvalue weighted by molar-refractivity contribution is 0.553. The Balaban J connectivity index is 1.96. The van der Waals surface area contributed by atoms with Crippen molar-refractivity contribution in [2.45, 2.75) is 6.42 Å². The highest BCUT2D eigenvalue weighted by Gasteiger charge is 2.02. The van der Waals surface area contributed by atoms with Gasteiger partial charge in [-0.25, -0.2) is 0 Å². The summed E-state index contributed by atoms with van der Waals surface area (Å²) in [6, 6.07) is 17.2. The van der Waals surface area contributed by atoms with Crippen molar-refractivity contribution in [2.24, 2.45) is 0 Å². The summed E-state index contributed by atoms with van der Waals surface area (Å²) in [6.07, 6.45) is 0.638. The van der Waals surface area contributed by atoms with E-state index in [0.29, 0.717) is 16.5 Å². The van der Waals surface area contributed by atoms with E-state index in [1.807, 2.05) is 30.3 Å². The van der Waals surface area contributed by atoms with Crippen LogP contribution in [0, 0.1) is 0 Å². The fraction of sp³-hybridized carbons (Fsp3) is 0.0714. The molecular formula is C14H11ClOS. The molecule has 0 unspecified atom stereocenters. The molecule has 0 aliphatic carbocycles. The Labute approximate surface area is 111 Å². The molecule has 0 aromatic heterocycles. The smallest absolute Gasteiger partial charge is 0.171 e. The third-order valence-corrected chi connectivity index (χ3v) is 2.72. The fourth-order valence-corrected chi connectivity index (χ4v) is 1.82. The highest BCUT2D eigenvalue weighted by Crippen LogP contribution is 2.16. The molecule has 0 saturated heterocycles. The average Bonchev–Trinajstić information content (AvgIpc) is 2.33. The van der Waals surface area contributed by atoms with E-state index in [4.69, 9.17) is 28.6 Å². The number of benzene rings is 2. The van der Waals surface area contributed by atoms with Gasteiger partial charge in [0, 0.05) is 11.4 Å². The normalized spacial score (nSPS) is 9.94. The molecule has 2 aromatic carbocycles. The second-order valence-electron chi connectivity index (χ2n) is 3.59. The van der Waals surface area contributed by atoms with Gasteiger partial charge in [-0.2, -0.15) is 0 Å². The van der Waals surface area contributed by atoms with Crippen LogP contribution in [0.5, 0.6) is 5.75 Å². The van der Waals surface area contributed by atoms with Gasteiger partial charge in [-0.1, -0.05) is 41.9 Å². The molecule has 0 bridgehead atoms. The Morgan fingerprint density at radius 1 is 1.00 bits per heavy atom.